The predicted octanol–water partition coefficient (Wildman–Crippen LogP) is 9.94. The third-order valence-corrected chi connectivity index (χ3v) is 6.29. The monoisotopic (exact) mass is 488 g/mol. The summed E-state index contributed by atoms with van der Waals surface area (Å²) in [7, 11) is 0. The Bertz CT molecular complexity index is 411. The first-order valence-electron chi connectivity index (χ1n) is 12.4. The summed E-state index contributed by atoms with van der Waals surface area (Å²) in [6.45, 7) is 32.9. The third kappa shape index (κ3) is 36.5. The van der Waals surface area contributed by atoms with E-state index in [-0.39, 0.29) is 14.9 Å². The Labute approximate surface area is 215 Å². The molecule has 3 fully saturated rings. The van der Waals surface area contributed by atoms with Crippen molar-refractivity contribution in [1.82, 2.24) is 0 Å². The van der Waals surface area contributed by atoms with Crippen LogP contribution in [0.2, 0.25) is 0 Å². The van der Waals surface area contributed by atoms with Crippen molar-refractivity contribution in [3.63, 3.8) is 0 Å². The van der Waals surface area contributed by atoms with Crippen molar-refractivity contribution >= 4 is 11.8 Å². The molecule has 202 valence electrons. The Kier molecular flexibility index (Phi) is 28.4. The average molecular weight is 489 g/mol. The van der Waals surface area contributed by atoms with Crippen molar-refractivity contribution in [2.24, 2.45) is 29.6 Å². The molecule has 2 nitrogen and oxygen atoms in total. The molecule has 0 amide bonds. The van der Waals surface area contributed by atoms with Crippen molar-refractivity contribution in [1.29, 1.82) is 0 Å². The maximum atomic E-state index is 5.37. The van der Waals surface area contributed by atoms with Crippen LogP contribution in [-0.2, 0) is 9.47 Å². The second kappa shape index (κ2) is 23.5. The summed E-state index contributed by atoms with van der Waals surface area (Å²) in [5.41, 5.74) is 1.26. The molecule has 0 bridgehead atoms. The zero-order chi connectivity index (χ0) is 24.6. The molecule has 2 aliphatic heterocycles. The second-order valence-electron chi connectivity index (χ2n) is 10.5. The SMILES string of the molecule is C.C.C=C(C)C(C)C.C=CC(C)C.CC(C)C1CO1.CC(C)C1CS1.CC(C)OCC1CC1. The molecule has 3 heteroatoms. The molecule has 0 spiro atoms. The standard InChI is InChI=1S/C7H14O.C6H12.C5H10O.C5H10S.C5H10.2CH4/c1-6(2)8-5-7-3-4-7;1-5(2)6(3)4;2*1-4(2)5-3-6-5;1-4-5(2)3;;/h6-7H,3-5H2,1-2H3;6H,1H2,2-4H3;2*4-5H,3H2,1-2H3;4-5H,1H2,2-3H3;2*1H4. The maximum Gasteiger partial charge on any atom is 0.0832 e. The molecule has 2 atom stereocenters. The van der Waals surface area contributed by atoms with Gasteiger partial charge in [-0.25, -0.2) is 0 Å². The summed E-state index contributed by atoms with van der Waals surface area (Å²) in [4.78, 5) is 0. The van der Waals surface area contributed by atoms with E-state index < -0.39 is 0 Å². The third-order valence-electron chi connectivity index (χ3n) is 5.02. The van der Waals surface area contributed by atoms with E-state index in [9.17, 15) is 0 Å². The molecule has 0 aromatic carbocycles. The molecular formula is C30H64O2S. The largest absolute Gasteiger partial charge is 0.379 e. The summed E-state index contributed by atoms with van der Waals surface area (Å²) in [5.74, 6) is 5.30. The molecule has 3 aliphatic rings. The van der Waals surface area contributed by atoms with Gasteiger partial charge in [0.1, 0.15) is 0 Å². The van der Waals surface area contributed by atoms with Gasteiger partial charge >= 0.3 is 0 Å². The van der Waals surface area contributed by atoms with Gasteiger partial charge in [-0.1, -0.05) is 88.5 Å². The fourth-order valence-electron chi connectivity index (χ4n) is 1.49. The van der Waals surface area contributed by atoms with Gasteiger partial charge in [0, 0.05) is 17.6 Å². The van der Waals surface area contributed by atoms with E-state index in [0.29, 0.717) is 24.0 Å². The van der Waals surface area contributed by atoms with E-state index in [1.54, 1.807) is 0 Å². The van der Waals surface area contributed by atoms with Crippen molar-refractivity contribution in [2.45, 2.75) is 121 Å². The van der Waals surface area contributed by atoms with Crippen molar-refractivity contribution < 1.29 is 9.47 Å². The molecule has 0 N–H and O–H groups in total. The number of epoxide rings is 1. The first-order chi connectivity index (χ1) is 14.3. The van der Waals surface area contributed by atoms with Gasteiger partial charge in [0.2, 0.25) is 0 Å². The Balaban J connectivity index is -0.000000158. The zero-order valence-corrected chi connectivity index (χ0v) is 23.7. The quantitative estimate of drug-likeness (QED) is 0.263. The molecule has 2 unspecified atom stereocenters. The lowest BCUT2D eigenvalue weighted by Gasteiger charge is -2.04. The van der Waals surface area contributed by atoms with Crippen LogP contribution < -0.4 is 0 Å². The average Bonchev–Trinajstić information content (AvgIpc) is 3.50. The molecule has 3 rings (SSSR count). The lowest BCUT2D eigenvalue weighted by Crippen LogP contribution is -2.04. The van der Waals surface area contributed by atoms with Gasteiger partial charge in [-0.2, -0.15) is 11.8 Å². The summed E-state index contributed by atoms with van der Waals surface area (Å²) in [5, 5.41) is 1.02. The van der Waals surface area contributed by atoms with E-state index in [1.165, 1.54) is 24.2 Å². The van der Waals surface area contributed by atoms with Crippen molar-refractivity contribution in [2.75, 3.05) is 19.0 Å². The van der Waals surface area contributed by atoms with Crippen LogP contribution in [-0.4, -0.2) is 36.4 Å². The van der Waals surface area contributed by atoms with Crippen LogP contribution in [0, 0.1) is 29.6 Å². The molecule has 0 radical (unpaired) electrons. The van der Waals surface area contributed by atoms with Crippen LogP contribution >= 0.6 is 11.8 Å². The molecule has 1 aliphatic carbocycles. The Morgan fingerprint density at radius 1 is 0.970 bits per heavy atom. The number of ether oxygens (including phenoxy) is 2. The van der Waals surface area contributed by atoms with Gasteiger partial charge in [-0.15, -0.1) is 6.58 Å². The van der Waals surface area contributed by atoms with E-state index in [1.807, 2.05) is 13.0 Å². The van der Waals surface area contributed by atoms with E-state index in [0.717, 1.165) is 36.2 Å². The minimum Gasteiger partial charge on any atom is -0.379 e. The van der Waals surface area contributed by atoms with Crippen LogP contribution in [0.4, 0.5) is 0 Å². The lowest BCUT2D eigenvalue weighted by molar-refractivity contribution is 0.0707. The maximum absolute atomic E-state index is 5.37. The van der Waals surface area contributed by atoms with Gasteiger partial charge < -0.3 is 9.47 Å². The highest BCUT2D eigenvalue weighted by Gasteiger charge is 2.25. The summed E-state index contributed by atoms with van der Waals surface area (Å²) in [6.07, 6.45) is 5.74. The smallest absolute Gasteiger partial charge is 0.0832 e. The molecular weight excluding hydrogens is 424 g/mol. The number of thioether (sulfide) groups is 1. The van der Waals surface area contributed by atoms with Gasteiger partial charge in [0.15, 0.2) is 0 Å². The fourth-order valence-corrected chi connectivity index (χ4v) is 2.37. The van der Waals surface area contributed by atoms with Crippen LogP contribution in [0.1, 0.15) is 104 Å². The van der Waals surface area contributed by atoms with Gasteiger partial charge in [0.25, 0.3) is 0 Å². The number of hydrogen-bond acceptors (Lipinski definition) is 3. The molecule has 0 aromatic heterocycles. The highest BCUT2D eigenvalue weighted by molar-refractivity contribution is 8.06. The molecule has 2 saturated heterocycles. The topological polar surface area (TPSA) is 21.8 Å². The van der Waals surface area contributed by atoms with Gasteiger partial charge in [0.05, 0.1) is 18.8 Å². The highest BCUT2D eigenvalue weighted by Crippen LogP contribution is 2.35. The predicted molar refractivity (Wildman–Crippen MR) is 158 cm³/mol. The molecule has 1 saturated carbocycles. The minimum atomic E-state index is 0. The number of hydrogen-bond donors (Lipinski definition) is 0. The Morgan fingerprint density at radius 3 is 1.45 bits per heavy atom. The Hall–Kier alpha value is -0.250. The zero-order valence-electron chi connectivity index (χ0n) is 22.9. The van der Waals surface area contributed by atoms with Crippen molar-refractivity contribution in [3.05, 3.63) is 24.8 Å². The fraction of sp³-hybridized carbons (Fsp3) is 0.867. The van der Waals surface area contributed by atoms with Crippen LogP contribution in [0.15, 0.2) is 24.8 Å². The van der Waals surface area contributed by atoms with Gasteiger partial charge in [-0.3, -0.25) is 0 Å². The Morgan fingerprint density at radius 2 is 1.36 bits per heavy atom. The van der Waals surface area contributed by atoms with Crippen LogP contribution in [0.5, 0.6) is 0 Å². The summed E-state index contributed by atoms with van der Waals surface area (Å²) >= 11 is 2.08. The molecule has 33 heavy (non-hydrogen) atoms. The van der Waals surface area contributed by atoms with Crippen molar-refractivity contribution in [3.8, 4) is 0 Å². The normalized spacial score (nSPS) is 19.3. The van der Waals surface area contributed by atoms with Crippen LogP contribution in [0.3, 0.4) is 0 Å². The summed E-state index contributed by atoms with van der Waals surface area (Å²) < 4.78 is 10.3. The first-order valence-corrected chi connectivity index (χ1v) is 13.5. The highest BCUT2D eigenvalue weighted by atomic mass is 32.2. The number of rotatable bonds is 7. The van der Waals surface area contributed by atoms with Gasteiger partial charge in [-0.05, 0) is 63.2 Å². The van der Waals surface area contributed by atoms with E-state index >= 15 is 0 Å². The molecule has 2 heterocycles. The van der Waals surface area contributed by atoms with Crippen LogP contribution in [0.25, 0.3) is 0 Å². The first kappa shape index (κ1) is 39.9. The molecule has 0 aromatic rings. The second-order valence-corrected chi connectivity index (χ2v) is 11.8. The number of allylic oxidation sites excluding steroid dienone is 2. The lowest BCUT2D eigenvalue weighted by atomic mass is 10.1. The van der Waals surface area contributed by atoms with E-state index in [4.69, 9.17) is 9.47 Å². The summed E-state index contributed by atoms with van der Waals surface area (Å²) in [6, 6.07) is 0. The van der Waals surface area contributed by atoms with E-state index in [2.05, 4.69) is 94.2 Å². The minimum absolute atomic E-state index is 0.